The zero-order valence-electron chi connectivity index (χ0n) is 36.8. The van der Waals surface area contributed by atoms with Crippen LogP contribution >= 0.6 is 11.3 Å². The minimum atomic E-state index is 0.884. The van der Waals surface area contributed by atoms with Crippen LogP contribution < -0.4 is 4.90 Å². The molecule has 4 heteroatoms. The molecule has 0 fully saturated rings. The molecule has 0 radical (unpaired) electrons. The highest BCUT2D eigenvalue weighted by molar-refractivity contribution is 7.26. The van der Waals surface area contributed by atoms with Crippen molar-refractivity contribution in [3.63, 3.8) is 0 Å². The first kappa shape index (κ1) is 38.6. The van der Waals surface area contributed by atoms with Gasteiger partial charge < -0.3 is 13.9 Å². The van der Waals surface area contributed by atoms with E-state index in [1.54, 1.807) is 0 Å². The van der Waals surface area contributed by atoms with Crippen molar-refractivity contribution in [2.45, 2.75) is 0 Å². The van der Waals surface area contributed by atoms with E-state index in [4.69, 9.17) is 4.42 Å². The normalized spacial score (nSPS) is 11.8. The summed E-state index contributed by atoms with van der Waals surface area (Å²) >= 11 is 1.87. The van der Waals surface area contributed by atoms with E-state index in [1.165, 1.54) is 69.4 Å². The Kier molecular flexibility index (Phi) is 8.76. The number of thiophene rings is 1. The molecular formula is C64H40N2OS. The fraction of sp³-hybridized carbons (Fsp3) is 0. The van der Waals surface area contributed by atoms with Gasteiger partial charge in [-0.25, -0.2) is 0 Å². The van der Waals surface area contributed by atoms with Crippen LogP contribution in [-0.4, -0.2) is 4.57 Å². The van der Waals surface area contributed by atoms with Crippen LogP contribution in [0.4, 0.5) is 17.1 Å². The lowest BCUT2D eigenvalue weighted by atomic mass is 9.97. The maximum absolute atomic E-state index is 6.73. The highest BCUT2D eigenvalue weighted by Crippen LogP contribution is 2.49. The molecule has 68 heavy (non-hydrogen) atoms. The third-order valence-electron chi connectivity index (χ3n) is 13.8. The number of fused-ring (bicyclic) bond motifs is 10. The highest BCUT2D eigenvalue weighted by Gasteiger charge is 2.23. The molecule has 0 spiro atoms. The van der Waals surface area contributed by atoms with E-state index in [9.17, 15) is 0 Å². The lowest BCUT2D eigenvalue weighted by Crippen LogP contribution is -2.11. The molecule has 0 aliphatic carbocycles. The van der Waals surface area contributed by atoms with E-state index < -0.39 is 0 Å². The summed E-state index contributed by atoms with van der Waals surface area (Å²) in [6.07, 6.45) is 0. The smallest absolute Gasteiger partial charge is 0.143 e. The lowest BCUT2D eigenvalue weighted by Gasteiger charge is -2.29. The molecule has 0 bridgehead atoms. The van der Waals surface area contributed by atoms with Crippen LogP contribution in [0.1, 0.15) is 0 Å². The Morgan fingerprint density at radius 2 is 1.01 bits per heavy atom. The Morgan fingerprint density at radius 3 is 1.85 bits per heavy atom. The minimum Gasteiger partial charge on any atom is -0.455 e. The first-order valence-electron chi connectivity index (χ1n) is 23.2. The third kappa shape index (κ3) is 6.12. The largest absolute Gasteiger partial charge is 0.455 e. The van der Waals surface area contributed by atoms with Gasteiger partial charge in [0.15, 0.2) is 0 Å². The quantitative estimate of drug-likeness (QED) is 0.159. The molecule has 0 aliphatic rings. The second kappa shape index (κ2) is 15.5. The van der Waals surface area contributed by atoms with Crippen LogP contribution in [0.25, 0.3) is 114 Å². The fourth-order valence-corrected chi connectivity index (χ4v) is 11.8. The van der Waals surface area contributed by atoms with Crippen LogP contribution in [0.15, 0.2) is 247 Å². The van der Waals surface area contributed by atoms with Gasteiger partial charge >= 0.3 is 0 Å². The predicted octanol–water partition coefficient (Wildman–Crippen LogP) is 18.7. The maximum atomic E-state index is 6.73. The van der Waals surface area contributed by atoms with E-state index in [1.807, 2.05) is 17.4 Å². The van der Waals surface area contributed by atoms with Crippen LogP contribution in [0.3, 0.4) is 0 Å². The molecule has 3 nitrogen and oxygen atoms in total. The Hall–Kier alpha value is -8.70. The summed E-state index contributed by atoms with van der Waals surface area (Å²) in [5, 5.41) is 9.68. The maximum Gasteiger partial charge on any atom is 0.143 e. The number of aromatic nitrogens is 1. The highest BCUT2D eigenvalue weighted by atomic mass is 32.1. The number of hydrogen-bond acceptors (Lipinski definition) is 3. The van der Waals surface area contributed by atoms with Gasteiger partial charge in [-0.05, 0) is 100 Å². The summed E-state index contributed by atoms with van der Waals surface area (Å²) < 4.78 is 11.7. The Labute approximate surface area is 396 Å². The minimum absolute atomic E-state index is 0.884. The van der Waals surface area contributed by atoms with Crippen LogP contribution in [-0.2, 0) is 0 Å². The summed E-state index contributed by atoms with van der Waals surface area (Å²) in [6, 6.07) is 88.3. The van der Waals surface area contributed by atoms with Crippen molar-refractivity contribution < 1.29 is 4.42 Å². The molecule has 0 saturated carbocycles. The molecule has 14 rings (SSSR count). The van der Waals surface area contributed by atoms with Gasteiger partial charge in [0.05, 0.1) is 16.7 Å². The van der Waals surface area contributed by atoms with Gasteiger partial charge in [0.2, 0.25) is 0 Å². The van der Waals surface area contributed by atoms with E-state index >= 15 is 0 Å². The molecule has 0 unspecified atom stereocenters. The molecular weight excluding hydrogens is 845 g/mol. The lowest BCUT2D eigenvalue weighted by molar-refractivity contribution is 0.670. The van der Waals surface area contributed by atoms with Crippen molar-refractivity contribution in [1.29, 1.82) is 0 Å². The summed E-state index contributed by atoms with van der Waals surface area (Å²) in [6.45, 7) is 0. The predicted molar refractivity (Wildman–Crippen MR) is 289 cm³/mol. The van der Waals surface area contributed by atoms with Crippen LogP contribution in [0.2, 0.25) is 0 Å². The molecule has 11 aromatic carbocycles. The van der Waals surface area contributed by atoms with Gasteiger partial charge in [-0.3, -0.25) is 0 Å². The Balaban J connectivity index is 1.01. The molecule has 0 N–H and O–H groups in total. The van der Waals surface area contributed by atoms with Crippen molar-refractivity contribution >= 4 is 103 Å². The monoisotopic (exact) mass is 884 g/mol. The second-order valence-corrected chi connectivity index (χ2v) is 18.7. The number of para-hydroxylation sites is 5. The molecule has 0 saturated heterocycles. The third-order valence-corrected chi connectivity index (χ3v) is 15.0. The van der Waals surface area contributed by atoms with E-state index in [0.717, 1.165) is 61.4 Å². The Morgan fingerprint density at radius 1 is 0.368 bits per heavy atom. The Bertz CT molecular complexity index is 4230. The van der Waals surface area contributed by atoms with Gasteiger partial charge in [0.1, 0.15) is 11.2 Å². The van der Waals surface area contributed by atoms with Gasteiger partial charge in [-0.15, -0.1) is 11.3 Å². The van der Waals surface area contributed by atoms with Crippen molar-refractivity contribution in [3.05, 3.63) is 243 Å². The summed E-state index contributed by atoms with van der Waals surface area (Å²) in [4.78, 5) is 2.45. The second-order valence-electron chi connectivity index (χ2n) is 17.6. The molecule has 0 atom stereocenters. The van der Waals surface area contributed by atoms with E-state index in [0.29, 0.717) is 0 Å². The van der Waals surface area contributed by atoms with E-state index in [-0.39, 0.29) is 0 Å². The number of hydrogen-bond donors (Lipinski definition) is 0. The number of rotatable bonds is 7. The summed E-state index contributed by atoms with van der Waals surface area (Å²) in [5.41, 5.74) is 15.3. The molecule has 0 amide bonds. The average molecular weight is 885 g/mol. The van der Waals surface area contributed by atoms with Crippen molar-refractivity contribution in [2.24, 2.45) is 0 Å². The zero-order chi connectivity index (χ0) is 44.7. The van der Waals surface area contributed by atoms with Crippen molar-refractivity contribution in [1.82, 2.24) is 4.57 Å². The molecule has 0 aliphatic heterocycles. The fourth-order valence-electron chi connectivity index (χ4n) is 10.6. The van der Waals surface area contributed by atoms with Crippen LogP contribution in [0, 0.1) is 0 Å². The standard InChI is InChI=1S/C64H40N2OS/c1-2-16-43-37-44(32-31-41(43)15-1)42-33-35-46(36-34-42)65(58-26-8-5-21-51(58)54-24-14-25-55-52-22-6-11-29-61(52)67-63(54)55)48-39-56(64-57(40-48)53-23-7-12-30-62(53)68-64)45-17-13-18-47(38-45)66-59-27-9-3-19-49(59)50-20-4-10-28-60(50)66/h1-40H. The van der Waals surface area contributed by atoms with Gasteiger partial charge in [0, 0.05) is 75.5 Å². The van der Waals surface area contributed by atoms with E-state index in [2.05, 4.69) is 246 Å². The SMILES string of the molecule is c1cc(-c2cc(N(c3ccc(-c4ccc5ccccc5c4)cc3)c3ccccc3-c3cccc4c3oc3ccccc34)cc3c2sc2ccccc23)cc(-n2c3ccccc3c3ccccc32)c1. The molecule has 3 aromatic heterocycles. The van der Waals surface area contributed by atoms with Crippen molar-refractivity contribution in [3.8, 4) is 39.1 Å². The van der Waals surface area contributed by atoms with Crippen molar-refractivity contribution in [2.75, 3.05) is 4.90 Å². The number of furan rings is 1. The topological polar surface area (TPSA) is 21.3 Å². The molecule has 318 valence electrons. The number of anilines is 3. The van der Waals surface area contributed by atoms with Crippen LogP contribution in [0.5, 0.6) is 0 Å². The average Bonchev–Trinajstić information content (AvgIpc) is 4.09. The number of benzene rings is 11. The first-order valence-corrected chi connectivity index (χ1v) is 24.0. The van der Waals surface area contributed by atoms with Gasteiger partial charge in [0.25, 0.3) is 0 Å². The molecule has 3 heterocycles. The first-order chi connectivity index (χ1) is 33.7. The summed E-state index contributed by atoms with van der Waals surface area (Å²) in [7, 11) is 0. The zero-order valence-corrected chi connectivity index (χ0v) is 37.6. The summed E-state index contributed by atoms with van der Waals surface area (Å²) in [5.74, 6) is 0. The number of nitrogens with zero attached hydrogens (tertiary/aromatic N) is 2. The van der Waals surface area contributed by atoms with Gasteiger partial charge in [-0.2, -0.15) is 0 Å². The molecule has 14 aromatic rings. The van der Waals surface area contributed by atoms with Gasteiger partial charge in [-0.1, -0.05) is 170 Å².